The molecule has 150 valence electrons. The summed E-state index contributed by atoms with van der Waals surface area (Å²) in [5, 5.41) is 5.74. The molecule has 0 spiro atoms. The third-order valence-electron chi connectivity index (χ3n) is 5.29. The highest BCUT2D eigenvalue weighted by atomic mass is 32.1. The third kappa shape index (κ3) is 4.89. The van der Waals surface area contributed by atoms with Gasteiger partial charge in [-0.25, -0.2) is 0 Å². The zero-order valence-corrected chi connectivity index (χ0v) is 18.8. The van der Waals surface area contributed by atoms with E-state index in [1.807, 2.05) is 25.2 Å². The molecule has 0 fully saturated rings. The van der Waals surface area contributed by atoms with E-state index in [-0.39, 0.29) is 0 Å². The molecular formula is C27H31NS. The average Bonchev–Trinajstić information content (AvgIpc) is 3.42. The van der Waals surface area contributed by atoms with Crippen molar-refractivity contribution in [2.75, 3.05) is 5.32 Å². The normalized spacial score (nSPS) is 15.0. The van der Waals surface area contributed by atoms with Crippen LogP contribution in [-0.2, 0) is 0 Å². The van der Waals surface area contributed by atoms with E-state index >= 15 is 0 Å². The summed E-state index contributed by atoms with van der Waals surface area (Å²) in [5.74, 6) is 0.616. The number of hydrogen-bond acceptors (Lipinski definition) is 2. The van der Waals surface area contributed by atoms with Gasteiger partial charge in [-0.15, -0.1) is 11.3 Å². The van der Waals surface area contributed by atoms with Gasteiger partial charge in [0.2, 0.25) is 0 Å². The fourth-order valence-corrected chi connectivity index (χ4v) is 4.87. The molecule has 1 unspecified atom stereocenters. The first-order valence-electron chi connectivity index (χ1n) is 10.5. The molecule has 29 heavy (non-hydrogen) atoms. The van der Waals surface area contributed by atoms with Crippen LogP contribution in [0, 0.1) is 13.8 Å². The van der Waals surface area contributed by atoms with E-state index in [0.717, 1.165) is 11.4 Å². The lowest BCUT2D eigenvalue weighted by molar-refractivity contribution is 0.815. The first kappa shape index (κ1) is 21.1. The second kappa shape index (κ2) is 9.76. The maximum atomic E-state index is 4.25. The number of anilines is 1. The Bertz CT molecular complexity index is 971. The Kier molecular flexibility index (Phi) is 7.11. The van der Waals surface area contributed by atoms with Crippen molar-refractivity contribution in [2.45, 2.75) is 46.5 Å². The van der Waals surface area contributed by atoms with E-state index in [2.05, 4.69) is 91.8 Å². The van der Waals surface area contributed by atoms with Gasteiger partial charge in [0.05, 0.1) is 0 Å². The molecule has 1 aliphatic carbocycles. The van der Waals surface area contributed by atoms with E-state index in [0.29, 0.717) is 5.92 Å². The van der Waals surface area contributed by atoms with E-state index in [4.69, 9.17) is 0 Å². The first-order valence-corrected chi connectivity index (χ1v) is 11.4. The molecule has 1 N–H and O–H groups in total. The van der Waals surface area contributed by atoms with Crippen LogP contribution in [0.25, 0.3) is 16.8 Å². The van der Waals surface area contributed by atoms with Gasteiger partial charge in [0.15, 0.2) is 0 Å². The highest BCUT2D eigenvalue weighted by molar-refractivity contribution is 7.10. The minimum absolute atomic E-state index is 0.616. The van der Waals surface area contributed by atoms with Crippen molar-refractivity contribution in [3.63, 3.8) is 0 Å². The Labute approximate surface area is 179 Å². The Morgan fingerprint density at radius 3 is 2.31 bits per heavy atom. The van der Waals surface area contributed by atoms with E-state index in [9.17, 15) is 0 Å². The largest absolute Gasteiger partial charge is 0.356 e. The summed E-state index contributed by atoms with van der Waals surface area (Å²) >= 11 is 1.88. The Hall–Kier alpha value is -2.58. The van der Waals surface area contributed by atoms with Crippen LogP contribution < -0.4 is 5.32 Å². The Balaban J connectivity index is 0.00000117. The van der Waals surface area contributed by atoms with Crippen LogP contribution >= 0.6 is 11.3 Å². The maximum Gasteiger partial charge on any atom is 0.0390 e. The summed E-state index contributed by atoms with van der Waals surface area (Å²) in [5.41, 5.74) is 8.29. The maximum absolute atomic E-state index is 4.25. The molecular weight excluding hydrogens is 370 g/mol. The lowest BCUT2D eigenvalue weighted by Crippen LogP contribution is -2.01. The highest BCUT2D eigenvalue weighted by Gasteiger charge is 2.14. The molecule has 0 amide bonds. The molecule has 1 atom stereocenters. The molecule has 0 aliphatic heterocycles. The summed E-state index contributed by atoms with van der Waals surface area (Å²) in [6.45, 7) is 12.5. The van der Waals surface area contributed by atoms with Crippen molar-refractivity contribution in [2.24, 2.45) is 0 Å². The summed E-state index contributed by atoms with van der Waals surface area (Å²) in [4.78, 5) is 1.48. The Morgan fingerprint density at radius 1 is 1.00 bits per heavy atom. The van der Waals surface area contributed by atoms with E-state index < -0.39 is 0 Å². The van der Waals surface area contributed by atoms with Gasteiger partial charge in [-0.2, -0.15) is 0 Å². The molecule has 3 aromatic rings. The highest BCUT2D eigenvalue weighted by Crippen LogP contribution is 2.36. The SMILES string of the molecule is C=C(Nc1ccc(-c2csc(C3C=CCC3)c2)cc1)c1c(C)cccc1C.CC. The van der Waals surface area contributed by atoms with Gasteiger partial charge in [-0.3, -0.25) is 0 Å². The second-order valence-electron chi connectivity index (χ2n) is 7.30. The molecule has 2 heteroatoms. The summed E-state index contributed by atoms with van der Waals surface area (Å²) < 4.78 is 0. The van der Waals surface area contributed by atoms with Crippen LogP contribution in [0.1, 0.15) is 54.2 Å². The van der Waals surface area contributed by atoms with Crippen LogP contribution in [0.4, 0.5) is 5.69 Å². The lowest BCUT2D eigenvalue weighted by atomic mass is 10.0. The standard InChI is InChI=1S/C25H25NS.C2H6/c1-17-7-6-8-18(2)25(17)19(3)26-23-13-11-20(12-14-23)22-15-24(27-16-22)21-9-4-5-10-21;1-2/h4,6-9,11-16,21,26H,3,5,10H2,1-2H3;1-2H3. The number of hydrogen-bond donors (Lipinski definition) is 1. The van der Waals surface area contributed by atoms with Gasteiger partial charge < -0.3 is 5.32 Å². The molecule has 0 bridgehead atoms. The molecule has 1 nitrogen and oxygen atoms in total. The van der Waals surface area contributed by atoms with Gasteiger partial charge in [-0.05, 0) is 72.5 Å². The topological polar surface area (TPSA) is 12.0 Å². The minimum atomic E-state index is 0.616. The fourth-order valence-electron chi connectivity index (χ4n) is 3.84. The van der Waals surface area contributed by atoms with Crippen molar-refractivity contribution >= 4 is 22.7 Å². The van der Waals surface area contributed by atoms with Crippen molar-refractivity contribution in [1.82, 2.24) is 0 Å². The van der Waals surface area contributed by atoms with Crippen LogP contribution in [0.3, 0.4) is 0 Å². The van der Waals surface area contributed by atoms with Crippen molar-refractivity contribution in [3.8, 4) is 11.1 Å². The number of rotatable bonds is 5. The van der Waals surface area contributed by atoms with Crippen molar-refractivity contribution in [1.29, 1.82) is 0 Å². The van der Waals surface area contributed by atoms with Gasteiger partial charge in [0.1, 0.15) is 0 Å². The van der Waals surface area contributed by atoms with Crippen molar-refractivity contribution < 1.29 is 0 Å². The third-order valence-corrected chi connectivity index (χ3v) is 6.36. The summed E-state index contributed by atoms with van der Waals surface area (Å²) in [6.07, 6.45) is 7.11. The first-order chi connectivity index (χ1) is 14.1. The quantitative estimate of drug-likeness (QED) is 0.422. The predicted octanol–water partition coefficient (Wildman–Crippen LogP) is 8.57. The molecule has 4 rings (SSSR count). The Morgan fingerprint density at radius 2 is 1.69 bits per heavy atom. The zero-order chi connectivity index (χ0) is 20.8. The molecule has 1 aliphatic rings. The van der Waals surface area contributed by atoms with Gasteiger partial charge >= 0.3 is 0 Å². The van der Waals surface area contributed by atoms with Crippen LogP contribution in [0.5, 0.6) is 0 Å². The lowest BCUT2D eigenvalue weighted by Gasteiger charge is -2.15. The summed E-state index contributed by atoms with van der Waals surface area (Å²) in [6, 6.07) is 17.4. The van der Waals surface area contributed by atoms with E-state index in [1.54, 1.807) is 0 Å². The number of allylic oxidation sites excluding steroid dienone is 2. The average molecular weight is 402 g/mol. The molecule has 1 aromatic heterocycles. The predicted molar refractivity (Wildman–Crippen MR) is 131 cm³/mol. The van der Waals surface area contributed by atoms with E-state index in [1.165, 1.54) is 45.5 Å². The number of thiophene rings is 1. The fraction of sp³-hybridized carbons (Fsp3) is 0.259. The van der Waals surface area contributed by atoms with Gasteiger partial charge in [0.25, 0.3) is 0 Å². The smallest absolute Gasteiger partial charge is 0.0390 e. The van der Waals surface area contributed by atoms with Crippen LogP contribution in [0.2, 0.25) is 0 Å². The molecule has 0 radical (unpaired) electrons. The molecule has 1 heterocycles. The number of aryl methyl sites for hydroxylation is 2. The van der Waals surface area contributed by atoms with Crippen LogP contribution in [0.15, 0.2) is 72.6 Å². The summed E-state index contributed by atoms with van der Waals surface area (Å²) in [7, 11) is 0. The number of nitrogens with one attached hydrogen (secondary N) is 1. The zero-order valence-electron chi connectivity index (χ0n) is 18.0. The monoisotopic (exact) mass is 401 g/mol. The molecule has 0 saturated carbocycles. The van der Waals surface area contributed by atoms with Gasteiger partial charge in [-0.1, -0.05) is 62.9 Å². The number of benzene rings is 2. The molecule has 2 aromatic carbocycles. The minimum Gasteiger partial charge on any atom is -0.356 e. The second-order valence-corrected chi connectivity index (χ2v) is 8.24. The molecule has 0 saturated heterocycles. The van der Waals surface area contributed by atoms with Crippen molar-refractivity contribution in [3.05, 3.63) is 94.2 Å². The van der Waals surface area contributed by atoms with Crippen LogP contribution in [-0.4, -0.2) is 0 Å². The van der Waals surface area contributed by atoms with Gasteiger partial charge in [0, 0.05) is 27.7 Å².